The number of aromatic amines is 1. The summed E-state index contributed by atoms with van der Waals surface area (Å²) in [5, 5.41) is 18.6. The Morgan fingerprint density at radius 3 is 2.44 bits per heavy atom. The van der Waals surface area contributed by atoms with Crippen molar-refractivity contribution in [3.8, 4) is 28.5 Å². The summed E-state index contributed by atoms with van der Waals surface area (Å²) in [5.74, 6) is 1.38. The number of H-pyrrole nitrogens is 1. The first-order chi connectivity index (χ1) is 17.4. The van der Waals surface area contributed by atoms with Gasteiger partial charge in [-0.15, -0.1) is 0 Å². The van der Waals surface area contributed by atoms with Gasteiger partial charge in [0, 0.05) is 22.7 Å². The van der Waals surface area contributed by atoms with Gasteiger partial charge in [-0.1, -0.05) is 35.9 Å². The lowest BCUT2D eigenvalue weighted by molar-refractivity contribution is 0.0730. The van der Waals surface area contributed by atoms with Gasteiger partial charge in [-0.3, -0.25) is 9.89 Å². The lowest BCUT2D eigenvalue weighted by Crippen LogP contribution is -2.29. The van der Waals surface area contributed by atoms with E-state index in [1.807, 2.05) is 62.4 Å². The molecule has 2 heterocycles. The second kappa shape index (κ2) is 9.59. The third-order valence-corrected chi connectivity index (χ3v) is 6.82. The minimum absolute atomic E-state index is 0.0534. The van der Waals surface area contributed by atoms with E-state index in [4.69, 9.17) is 21.1 Å². The second-order valence-corrected chi connectivity index (χ2v) is 9.07. The standard InChI is InChI=1S/C28H26ClN3O4/c1-4-36-20-11-7-18(8-12-20)27-24-25(21-14-22(29)16(2)13-23(21)33)30-31-26(24)28(34)32(27)15-17-5-9-19(35-3)10-6-17/h5-14,27,33H,4,15H2,1-3H3,(H,30,31). The van der Waals surface area contributed by atoms with Gasteiger partial charge in [0.25, 0.3) is 5.91 Å². The van der Waals surface area contributed by atoms with Gasteiger partial charge in [-0.05, 0) is 66.9 Å². The predicted octanol–water partition coefficient (Wildman–Crippen LogP) is 5.90. The van der Waals surface area contributed by atoms with E-state index in [1.54, 1.807) is 24.1 Å². The van der Waals surface area contributed by atoms with Crippen LogP contribution in [0.1, 0.15) is 45.7 Å². The number of fused-ring (bicyclic) bond motifs is 1. The van der Waals surface area contributed by atoms with Gasteiger partial charge in [0.2, 0.25) is 0 Å². The molecular formula is C28H26ClN3O4. The van der Waals surface area contributed by atoms with Crippen molar-refractivity contribution in [2.24, 2.45) is 0 Å². The molecule has 0 saturated carbocycles. The Balaban J connectivity index is 1.62. The Kier molecular flexibility index (Phi) is 6.33. The number of hydrogen-bond donors (Lipinski definition) is 2. The summed E-state index contributed by atoms with van der Waals surface area (Å²) in [6.45, 7) is 4.70. The summed E-state index contributed by atoms with van der Waals surface area (Å²) < 4.78 is 10.9. The van der Waals surface area contributed by atoms with Crippen LogP contribution in [0.2, 0.25) is 5.02 Å². The first-order valence-electron chi connectivity index (χ1n) is 11.7. The Labute approximate surface area is 214 Å². The smallest absolute Gasteiger partial charge is 0.273 e. The molecule has 36 heavy (non-hydrogen) atoms. The van der Waals surface area contributed by atoms with Crippen LogP contribution >= 0.6 is 11.6 Å². The molecule has 0 spiro atoms. The zero-order valence-electron chi connectivity index (χ0n) is 20.2. The number of phenolic OH excluding ortho intramolecular Hbond substituents is 1. The first-order valence-corrected chi connectivity index (χ1v) is 12.0. The number of rotatable bonds is 7. The van der Waals surface area contributed by atoms with E-state index in [1.165, 1.54) is 0 Å². The highest BCUT2D eigenvalue weighted by atomic mass is 35.5. The number of ether oxygens (including phenoxy) is 2. The number of phenols is 1. The SMILES string of the molecule is CCOc1ccc(C2c3c(-c4cc(Cl)c(C)cc4O)n[nH]c3C(=O)N2Cc2ccc(OC)cc2)cc1. The van der Waals surface area contributed by atoms with Gasteiger partial charge >= 0.3 is 0 Å². The number of methoxy groups -OCH3 is 1. The minimum atomic E-state index is -0.432. The molecule has 184 valence electrons. The molecule has 8 heteroatoms. The zero-order valence-corrected chi connectivity index (χ0v) is 21.0. The average molecular weight is 504 g/mol. The van der Waals surface area contributed by atoms with Gasteiger partial charge < -0.3 is 19.5 Å². The molecular weight excluding hydrogens is 478 g/mol. The molecule has 1 aromatic heterocycles. The number of aromatic nitrogens is 2. The minimum Gasteiger partial charge on any atom is -0.507 e. The molecule has 1 amide bonds. The highest BCUT2D eigenvalue weighted by Gasteiger charge is 2.42. The van der Waals surface area contributed by atoms with Gasteiger partial charge in [-0.2, -0.15) is 5.10 Å². The molecule has 0 aliphatic carbocycles. The van der Waals surface area contributed by atoms with Crippen LogP contribution in [0, 0.1) is 6.92 Å². The number of amides is 1. The molecule has 3 aromatic carbocycles. The molecule has 0 bridgehead atoms. The van der Waals surface area contributed by atoms with Crippen LogP contribution in [0.4, 0.5) is 0 Å². The fourth-order valence-electron chi connectivity index (χ4n) is 4.61. The molecule has 1 aliphatic rings. The van der Waals surface area contributed by atoms with E-state index >= 15 is 0 Å². The highest BCUT2D eigenvalue weighted by Crippen LogP contribution is 2.46. The summed E-state index contributed by atoms with van der Waals surface area (Å²) in [4.78, 5) is 15.4. The van der Waals surface area contributed by atoms with Crippen molar-refractivity contribution in [1.29, 1.82) is 0 Å². The number of carbonyl (C=O) groups excluding carboxylic acids is 1. The van der Waals surface area contributed by atoms with E-state index in [2.05, 4.69) is 10.2 Å². The number of aryl methyl sites for hydroxylation is 1. The van der Waals surface area contributed by atoms with E-state index in [0.29, 0.717) is 40.7 Å². The highest BCUT2D eigenvalue weighted by molar-refractivity contribution is 6.31. The molecule has 0 radical (unpaired) electrons. The van der Waals surface area contributed by atoms with E-state index < -0.39 is 6.04 Å². The van der Waals surface area contributed by atoms with Crippen molar-refractivity contribution in [2.45, 2.75) is 26.4 Å². The van der Waals surface area contributed by atoms with Crippen LogP contribution in [-0.2, 0) is 6.54 Å². The Hall–Kier alpha value is -3.97. The number of aromatic hydroxyl groups is 1. The number of hydrogen-bond acceptors (Lipinski definition) is 5. The van der Waals surface area contributed by atoms with Crippen LogP contribution in [-0.4, -0.2) is 39.8 Å². The van der Waals surface area contributed by atoms with Gasteiger partial charge in [0.15, 0.2) is 0 Å². The normalized spacial score (nSPS) is 14.7. The van der Waals surface area contributed by atoms with Crippen LogP contribution in [0.15, 0.2) is 60.7 Å². The molecule has 5 rings (SSSR count). The molecule has 2 N–H and O–H groups in total. The maximum Gasteiger partial charge on any atom is 0.273 e. The number of nitrogens with one attached hydrogen (secondary N) is 1. The van der Waals surface area contributed by atoms with Crippen molar-refractivity contribution >= 4 is 17.5 Å². The van der Waals surface area contributed by atoms with Crippen LogP contribution in [0.3, 0.4) is 0 Å². The summed E-state index contributed by atoms with van der Waals surface area (Å²) >= 11 is 6.39. The predicted molar refractivity (Wildman–Crippen MR) is 138 cm³/mol. The topological polar surface area (TPSA) is 87.7 Å². The summed E-state index contributed by atoms with van der Waals surface area (Å²) in [5.41, 5.74) is 4.68. The van der Waals surface area contributed by atoms with Gasteiger partial charge in [0.1, 0.15) is 28.6 Å². The maximum absolute atomic E-state index is 13.6. The third-order valence-electron chi connectivity index (χ3n) is 6.41. The maximum atomic E-state index is 13.6. The molecule has 7 nitrogen and oxygen atoms in total. The zero-order chi connectivity index (χ0) is 25.4. The average Bonchev–Trinajstić information content (AvgIpc) is 3.42. The molecule has 4 aromatic rings. The summed E-state index contributed by atoms with van der Waals surface area (Å²) in [6, 6.07) is 18.2. The lowest BCUT2D eigenvalue weighted by Gasteiger charge is -2.27. The molecule has 1 unspecified atom stereocenters. The second-order valence-electron chi connectivity index (χ2n) is 8.67. The van der Waals surface area contributed by atoms with E-state index in [9.17, 15) is 9.90 Å². The Morgan fingerprint density at radius 2 is 1.78 bits per heavy atom. The summed E-state index contributed by atoms with van der Waals surface area (Å²) in [6.07, 6.45) is 0. The van der Waals surface area contributed by atoms with Crippen molar-refractivity contribution in [2.75, 3.05) is 13.7 Å². The molecule has 0 saturated heterocycles. The van der Waals surface area contributed by atoms with Crippen molar-refractivity contribution in [3.63, 3.8) is 0 Å². The van der Waals surface area contributed by atoms with Crippen molar-refractivity contribution < 1.29 is 19.4 Å². The Bertz CT molecular complexity index is 1410. The van der Waals surface area contributed by atoms with Crippen LogP contribution in [0.25, 0.3) is 11.3 Å². The third kappa shape index (κ3) is 4.16. The van der Waals surface area contributed by atoms with Gasteiger partial charge in [0.05, 0.1) is 19.8 Å². The van der Waals surface area contributed by atoms with Gasteiger partial charge in [-0.25, -0.2) is 0 Å². The number of nitrogens with zero attached hydrogens (tertiary/aromatic N) is 2. The largest absolute Gasteiger partial charge is 0.507 e. The quantitative estimate of drug-likeness (QED) is 0.328. The van der Waals surface area contributed by atoms with Crippen LogP contribution < -0.4 is 9.47 Å². The molecule has 0 fully saturated rings. The number of carbonyl (C=O) groups is 1. The number of halogens is 1. The first kappa shape index (κ1) is 23.8. The van der Waals surface area contributed by atoms with E-state index in [0.717, 1.165) is 28.2 Å². The number of benzene rings is 3. The van der Waals surface area contributed by atoms with Crippen molar-refractivity contribution in [1.82, 2.24) is 15.1 Å². The van der Waals surface area contributed by atoms with E-state index in [-0.39, 0.29) is 11.7 Å². The fraction of sp³-hybridized carbons (Fsp3) is 0.214. The lowest BCUT2D eigenvalue weighted by atomic mass is 9.95. The molecule has 1 atom stereocenters. The van der Waals surface area contributed by atoms with Crippen molar-refractivity contribution in [3.05, 3.63) is 93.6 Å². The Morgan fingerprint density at radius 1 is 1.08 bits per heavy atom. The monoisotopic (exact) mass is 503 g/mol. The fourth-order valence-corrected chi connectivity index (χ4v) is 4.77. The van der Waals surface area contributed by atoms with Crippen LogP contribution in [0.5, 0.6) is 17.2 Å². The summed E-state index contributed by atoms with van der Waals surface area (Å²) in [7, 11) is 1.62. The molecule has 1 aliphatic heterocycles.